The highest BCUT2D eigenvalue weighted by Crippen LogP contribution is 2.21. The first-order valence-corrected chi connectivity index (χ1v) is 12.0. The maximum atomic E-state index is 12.5. The van der Waals surface area contributed by atoms with Crippen LogP contribution in [0, 0.1) is 0 Å². The molecule has 1 heterocycles. The number of benzene rings is 2. The molecule has 0 aliphatic carbocycles. The molecule has 0 spiro atoms. The van der Waals surface area contributed by atoms with Crippen molar-refractivity contribution in [2.24, 2.45) is 0 Å². The van der Waals surface area contributed by atoms with Crippen LogP contribution >= 0.6 is 11.8 Å². The molecular weight excluding hydrogens is 438 g/mol. The third-order valence-corrected chi connectivity index (χ3v) is 6.09. The average Bonchev–Trinajstić information content (AvgIpc) is 3.15. The number of hydrogen-bond donors (Lipinski definition) is 4. The highest BCUT2D eigenvalue weighted by Gasteiger charge is 2.23. The molecule has 0 fully saturated rings. The lowest BCUT2D eigenvalue weighted by Gasteiger charge is -2.24. The van der Waals surface area contributed by atoms with Gasteiger partial charge in [0.15, 0.2) is 0 Å². The number of para-hydroxylation sites is 2. The number of aromatic amines is 1. The molecule has 1 unspecified atom stereocenters. The maximum absolute atomic E-state index is 12.5. The van der Waals surface area contributed by atoms with Crippen LogP contribution in [0.1, 0.15) is 26.3 Å². The molecule has 33 heavy (non-hydrogen) atoms. The van der Waals surface area contributed by atoms with Gasteiger partial charge < -0.3 is 25.5 Å². The normalized spacial score (nSPS) is 13.3. The molecule has 1 amide bonds. The highest BCUT2D eigenvalue weighted by molar-refractivity contribution is 7.99. The maximum Gasteiger partial charge on any atom is 0.407 e. The van der Waals surface area contributed by atoms with Gasteiger partial charge in [-0.25, -0.2) is 9.59 Å². The summed E-state index contributed by atoms with van der Waals surface area (Å²) >= 11 is 1.48. The second kappa shape index (κ2) is 11.1. The van der Waals surface area contributed by atoms with Crippen LogP contribution in [0.4, 0.5) is 10.5 Å². The zero-order valence-electron chi connectivity index (χ0n) is 19.1. The number of nitrogens with one attached hydrogen (secondary N) is 3. The summed E-state index contributed by atoms with van der Waals surface area (Å²) in [7, 11) is 0. The van der Waals surface area contributed by atoms with Crippen LogP contribution in [0.15, 0.2) is 60.8 Å². The van der Waals surface area contributed by atoms with E-state index in [1.54, 1.807) is 0 Å². The molecule has 0 saturated heterocycles. The Hall–Kier alpha value is -3.13. The quantitative estimate of drug-likeness (QED) is 0.337. The van der Waals surface area contributed by atoms with Crippen LogP contribution in [0.25, 0.3) is 10.9 Å². The molecule has 7 nitrogen and oxygen atoms in total. The van der Waals surface area contributed by atoms with Gasteiger partial charge in [0.25, 0.3) is 0 Å². The number of fused-ring (bicyclic) bond motifs is 1. The van der Waals surface area contributed by atoms with Gasteiger partial charge in [0.05, 0.1) is 0 Å². The molecule has 3 aromatic rings. The van der Waals surface area contributed by atoms with Crippen molar-refractivity contribution in [1.82, 2.24) is 10.3 Å². The monoisotopic (exact) mass is 469 g/mol. The van der Waals surface area contributed by atoms with E-state index >= 15 is 0 Å². The molecule has 2 atom stereocenters. The molecule has 1 aromatic heterocycles. The van der Waals surface area contributed by atoms with Crippen molar-refractivity contribution < 1.29 is 19.4 Å². The molecule has 0 bridgehead atoms. The van der Waals surface area contributed by atoms with Crippen LogP contribution in [-0.2, 0) is 16.0 Å². The Bertz CT molecular complexity index is 1060. The molecule has 0 saturated carbocycles. The number of H-pyrrole nitrogens is 1. The van der Waals surface area contributed by atoms with Crippen LogP contribution in [0.2, 0.25) is 0 Å². The van der Waals surface area contributed by atoms with Crippen LogP contribution in [0.3, 0.4) is 0 Å². The van der Waals surface area contributed by atoms with E-state index in [2.05, 4.69) is 15.6 Å². The van der Waals surface area contributed by atoms with Gasteiger partial charge in [-0.2, -0.15) is 11.8 Å². The molecule has 0 radical (unpaired) electrons. The van der Waals surface area contributed by atoms with Crippen molar-refractivity contribution in [2.45, 2.75) is 44.9 Å². The van der Waals surface area contributed by atoms with Crippen molar-refractivity contribution in [3.63, 3.8) is 0 Å². The van der Waals surface area contributed by atoms with E-state index in [9.17, 15) is 14.7 Å². The minimum Gasteiger partial charge on any atom is -0.480 e. The van der Waals surface area contributed by atoms with E-state index < -0.39 is 23.7 Å². The molecule has 2 aromatic carbocycles. The first kappa shape index (κ1) is 24.5. The van der Waals surface area contributed by atoms with Crippen molar-refractivity contribution in [3.05, 3.63) is 66.4 Å². The predicted molar refractivity (Wildman–Crippen MR) is 134 cm³/mol. The second-order valence-electron chi connectivity index (χ2n) is 8.85. The predicted octanol–water partition coefficient (Wildman–Crippen LogP) is 4.90. The van der Waals surface area contributed by atoms with Crippen molar-refractivity contribution in [3.8, 4) is 0 Å². The summed E-state index contributed by atoms with van der Waals surface area (Å²) in [6.45, 7) is 5.47. The number of rotatable bonds is 10. The van der Waals surface area contributed by atoms with Crippen LogP contribution in [-0.4, -0.2) is 51.3 Å². The number of carboxylic acid groups (broad SMARTS) is 1. The number of hydrogen-bond acceptors (Lipinski definition) is 5. The van der Waals surface area contributed by atoms with Crippen LogP contribution in [0.5, 0.6) is 0 Å². The number of aromatic nitrogens is 1. The zero-order valence-corrected chi connectivity index (χ0v) is 19.9. The fourth-order valence-electron chi connectivity index (χ4n) is 3.43. The summed E-state index contributed by atoms with van der Waals surface area (Å²) in [5.41, 5.74) is 2.28. The molecule has 0 aliphatic heterocycles. The average molecular weight is 470 g/mol. The van der Waals surface area contributed by atoms with Gasteiger partial charge in [0, 0.05) is 40.3 Å². The van der Waals surface area contributed by atoms with Crippen molar-refractivity contribution in [1.29, 1.82) is 0 Å². The third kappa shape index (κ3) is 7.75. The Labute approximate surface area is 198 Å². The number of amides is 1. The van der Waals surface area contributed by atoms with Crippen molar-refractivity contribution in [2.75, 3.05) is 16.8 Å². The number of alkyl carbamates (subject to hydrolysis) is 1. The summed E-state index contributed by atoms with van der Waals surface area (Å²) in [6.07, 6.45) is 2.07. The van der Waals surface area contributed by atoms with Crippen LogP contribution < -0.4 is 10.6 Å². The smallest absolute Gasteiger partial charge is 0.407 e. The lowest BCUT2D eigenvalue weighted by atomic mass is 10.1. The molecule has 3 rings (SSSR count). The summed E-state index contributed by atoms with van der Waals surface area (Å²) in [5.74, 6) is -0.0245. The van der Waals surface area contributed by atoms with E-state index in [1.807, 2.05) is 81.6 Å². The number of anilines is 1. The van der Waals surface area contributed by atoms with Gasteiger partial charge in [-0.3, -0.25) is 0 Å². The standard InChI is InChI=1S/C25H31N3O4S/c1-25(2,3)32-24(31)28-19(13-17-14-26-21-12-8-7-11-20(17)21)15-33-16-22(23(29)30)27-18-9-5-4-6-10-18/h4-12,14,19,22,26-27H,13,15-16H2,1-3H3,(H,28,31)(H,29,30)/t19-,22?/m0/s1. The van der Waals surface area contributed by atoms with Gasteiger partial charge in [0.2, 0.25) is 0 Å². The minimum atomic E-state index is -0.917. The second-order valence-corrected chi connectivity index (χ2v) is 9.92. The van der Waals surface area contributed by atoms with Gasteiger partial charge in [-0.05, 0) is 51.0 Å². The summed E-state index contributed by atoms with van der Waals surface area (Å²) in [4.78, 5) is 27.5. The van der Waals surface area contributed by atoms with E-state index in [4.69, 9.17) is 4.74 Å². The largest absolute Gasteiger partial charge is 0.480 e. The Morgan fingerprint density at radius 3 is 2.45 bits per heavy atom. The molecule has 0 aliphatic rings. The number of thioether (sulfide) groups is 1. The molecular formula is C25H31N3O4S. The summed E-state index contributed by atoms with van der Waals surface area (Å²) < 4.78 is 5.45. The van der Waals surface area contributed by atoms with Gasteiger partial charge >= 0.3 is 12.1 Å². The number of carbonyl (C=O) groups excluding carboxylic acids is 1. The highest BCUT2D eigenvalue weighted by atomic mass is 32.2. The number of carbonyl (C=O) groups is 2. The SMILES string of the molecule is CC(C)(C)OC(=O)N[C@H](CSCC(Nc1ccccc1)C(=O)O)Cc1c[nH]c2ccccc12. The number of ether oxygens (including phenoxy) is 1. The Morgan fingerprint density at radius 2 is 1.76 bits per heavy atom. The molecule has 4 N–H and O–H groups in total. The van der Waals surface area contributed by atoms with Crippen molar-refractivity contribution >= 4 is 40.4 Å². The third-order valence-electron chi connectivity index (χ3n) is 4.88. The first-order chi connectivity index (χ1) is 15.7. The molecule has 8 heteroatoms. The minimum absolute atomic E-state index is 0.227. The Balaban J connectivity index is 1.66. The fourth-order valence-corrected chi connectivity index (χ4v) is 4.51. The summed E-state index contributed by atoms with van der Waals surface area (Å²) in [6, 6.07) is 16.3. The van der Waals surface area contributed by atoms with Gasteiger partial charge in [-0.1, -0.05) is 36.4 Å². The lowest BCUT2D eigenvalue weighted by Crippen LogP contribution is -2.42. The van der Waals surface area contributed by atoms with Gasteiger partial charge in [0.1, 0.15) is 11.6 Å². The lowest BCUT2D eigenvalue weighted by molar-refractivity contribution is -0.137. The first-order valence-electron chi connectivity index (χ1n) is 10.9. The van der Waals surface area contributed by atoms with E-state index in [0.29, 0.717) is 17.9 Å². The molecule has 176 valence electrons. The van der Waals surface area contributed by atoms with E-state index in [-0.39, 0.29) is 6.04 Å². The Kier molecular flexibility index (Phi) is 8.27. The number of carboxylic acids is 1. The zero-order chi connectivity index (χ0) is 23.8. The summed E-state index contributed by atoms with van der Waals surface area (Å²) in [5, 5.41) is 16.8. The Morgan fingerprint density at radius 1 is 1.06 bits per heavy atom. The fraction of sp³-hybridized carbons (Fsp3) is 0.360. The number of aliphatic carboxylic acids is 1. The topological polar surface area (TPSA) is 103 Å². The van der Waals surface area contributed by atoms with E-state index in [0.717, 1.165) is 22.2 Å². The van der Waals surface area contributed by atoms with Gasteiger partial charge in [-0.15, -0.1) is 0 Å². The van der Waals surface area contributed by atoms with E-state index in [1.165, 1.54) is 11.8 Å².